The van der Waals surface area contributed by atoms with Gasteiger partial charge in [0.2, 0.25) is 0 Å². The van der Waals surface area contributed by atoms with Crippen LogP contribution in [0.25, 0.3) is 20.9 Å². The molecule has 0 fully saturated rings. The lowest BCUT2D eigenvalue weighted by Gasteiger charge is -2.08. The highest BCUT2D eigenvalue weighted by Crippen LogP contribution is 2.33. The summed E-state index contributed by atoms with van der Waals surface area (Å²) < 4.78 is 3.49. The minimum atomic E-state index is 0.873. The lowest BCUT2D eigenvalue weighted by Crippen LogP contribution is -1.96. The number of aromatic nitrogens is 2. The maximum atomic E-state index is 4.11. The van der Waals surface area contributed by atoms with E-state index in [2.05, 4.69) is 51.3 Å². The average molecular weight is 264 g/mol. The second-order valence-corrected chi connectivity index (χ2v) is 5.57. The van der Waals surface area contributed by atoms with Gasteiger partial charge in [-0.2, -0.15) is 0 Å². The lowest BCUT2D eigenvalue weighted by atomic mass is 10.0. The third-order valence-electron chi connectivity index (χ3n) is 3.46. The average Bonchev–Trinajstić information content (AvgIpc) is 3.09. The lowest BCUT2D eigenvalue weighted by molar-refractivity contribution is 0.803. The van der Waals surface area contributed by atoms with Crippen LogP contribution in [0.1, 0.15) is 5.56 Å². The molecule has 0 N–H and O–H groups in total. The first-order chi connectivity index (χ1) is 9.42. The molecule has 0 saturated heterocycles. The Kier molecular flexibility index (Phi) is 2.38. The molecule has 0 bridgehead atoms. The molecule has 0 amide bonds. The highest BCUT2D eigenvalue weighted by Gasteiger charge is 2.07. The van der Waals surface area contributed by atoms with Gasteiger partial charge in [-0.15, -0.1) is 11.3 Å². The van der Waals surface area contributed by atoms with E-state index in [9.17, 15) is 0 Å². The number of thiophene rings is 1. The second kappa shape index (κ2) is 4.21. The van der Waals surface area contributed by atoms with Crippen LogP contribution in [-0.2, 0) is 6.54 Å². The second-order valence-electron chi connectivity index (χ2n) is 4.66. The van der Waals surface area contributed by atoms with Gasteiger partial charge in [0, 0.05) is 23.6 Å². The summed E-state index contributed by atoms with van der Waals surface area (Å²) in [6.07, 6.45) is 5.70. The summed E-state index contributed by atoms with van der Waals surface area (Å²) in [4.78, 5) is 4.11. The Hall–Kier alpha value is -2.13. The zero-order valence-corrected chi connectivity index (χ0v) is 11.1. The molecule has 0 atom stereocenters. The number of fused-ring (bicyclic) bond motifs is 3. The predicted octanol–water partition coefficient (Wildman–Crippen LogP) is 4.30. The number of benzene rings is 2. The largest absolute Gasteiger partial charge is 0.333 e. The number of nitrogens with zero attached hydrogens (tertiary/aromatic N) is 2. The molecule has 92 valence electrons. The summed E-state index contributed by atoms with van der Waals surface area (Å²) >= 11 is 1.82. The van der Waals surface area contributed by atoms with Gasteiger partial charge in [0.05, 0.1) is 6.33 Å². The van der Waals surface area contributed by atoms with Gasteiger partial charge in [-0.1, -0.05) is 24.3 Å². The van der Waals surface area contributed by atoms with Crippen molar-refractivity contribution >= 4 is 32.2 Å². The smallest absolute Gasteiger partial charge is 0.0949 e. The molecule has 0 saturated carbocycles. The first-order valence-electron chi connectivity index (χ1n) is 6.25. The number of imidazole rings is 1. The first-order valence-corrected chi connectivity index (χ1v) is 7.13. The molecule has 19 heavy (non-hydrogen) atoms. The summed E-state index contributed by atoms with van der Waals surface area (Å²) in [5, 5.41) is 6.20. The highest BCUT2D eigenvalue weighted by molar-refractivity contribution is 7.18. The van der Waals surface area contributed by atoms with Crippen LogP contribution < -0.4 is 0 Å². The standard InChI is InChI=1S/C16H12N2S/c1-2-4-14-12(3-1)9-13(10-18-7-6-17-11-18)15-5-8-19-16(14)15/h1-9,11H,10H2. The SMILES string of the molecule is c1ccc2c(c1)cc(Cn1ccnc1)c1ccsc12. The quantitative estimate of drug-likeness (QED) is 0.528. The van der Waals surface area contributed by atoms with Crippen LogP contribution in [0.4, 0.5) is 0 Å². The highest BCUT2D eigenvalue weighted by atomic mass is 32.1. The molecule has 0 aliphatic carbocycles. The maximum Gasteiger partial charge on any atom is 0.0949 e. The van der Waals surface area contributed by atoms with Crippen molar-refractivity contribution < 1.29 is 0 Å². The molecule has 4 rings (SSSR count). The summed E-state index contributed by atoms with van der Waals surface area (Å²) in [7, 11) is 0. The van der Waals surface area contributed by atoms with Crippen LogP contribution in [0, 0.1) is 0 Å². The van der Waals surface area contributed by atoms with E-state index in [1.807, 2.05) is 30.1 Å². The van der Waals surface area contributed by atoms with Crippen LogP contribution in [0.5, 0.6) is 0 Å². The molecule has 3 heteroatoms. The fourth-order valence-electron chi connectivity index (χ4n) is 2.57. The maximum absolute atomic E-state index is 4.11. The van der Waals surface area contributed by atoms with Crippen molar-refractivity contribution in [1.29, 1.82) is 0 Å². The molecule has 0 spiro atoms. The van der Waals surface area contributed by atoms with Crippen LogP contribution in [-0.4, -0.2) is 9.55 Å². The minimum absolute atomic E-state index is 0.873. The molecule has 2 nitrogen and oxygen atoms in total. The van der Waals surface area contributed by atoms with E-state index in [0.29, 0.717) is 0 Å². The Morgan fingerprint density at radius 3 is 2.95 bits per heavy atom. The van der Waals surface area contributed by atoms with Gasteiger partial charge in [0.15, 0.2) is 0 Å². The van der Waals surface area contributed by atoms with E-state index in [-0.39, 0.29) is 0 Å². The first kappa shape index (κ1) is 10.8. The Morgan fingerprint density at radius 1 is 1.11 bits per heavy atom. The number of rotatable bonds is 2. The van der Waals surface area contributed by atoms with Crippen molar-refractivity contribution in [2.45, 2.75) is 6.54 Å². The number of hydrogen-bond donors (Lipinski definition) is 0. The van der Waals surface area contributed by atoms with Crippen LogP contribution >= 0.6 is 11.3 Å². The zero-order valence-electron chi connectivity index (χ0n) is 10.3. The molecule has 0 aliphatic heterocycles. The van der Waals surface area contributed by atoms with E-state index in [0.717, 1.165) is 6.54 Å². The summed E-state index contributed by atoms with van der Waals surface area (Å²) in [5.74, 6) is 0. The number of hydrogen-bond acceptors (Lipinski definition) is 2. The fourth-order valence-corrected chi connectivity index (χ4v) is 3.55. The zero-order chi connectivity index (χ0) is 12.7. The predicted molar refractivity (Wildman–Crippen MR) is 80.7 cm³/mol. The van der Waals surface area contributed by atoms with E-state index >= 15 is 0 Å². The Labute approximate surface area is 114 Å². The van der Waals surface area contributed by atoms with Gasteiger partial charge >= 0.3 is 0 Å². The molecule has 2 aromatic heterocycles. The molecule has 0 radical (unpaired) electrons. The van der Waals surface area contributed by atoms with Crippen molar-refractivity contribution in [2.75, 3.05) is 0 Å². The van der Waals surface area contributed by atoms with Gasteiger partial charge in [-0.05, 0) is 39.2 Å². The summed E-state index contributed by atoms with van der Waals surface area (Å²) in [5.41, 5.74) is 1.35. The Morgan fingerprint density at radius 2 is 2.05 bits per heavy atom. The third kappa shape index (κ3) is 1.74. The Bertz CT molecular complexity index is 844. The van der Waals surface area contributed by atoms with Gasteiger partial charge in [-0.3, -0.25) is 0 Å². The molecular formula is C16H12N2S. The van der Waals surface area contributed by atoms with Crippen molar-refractivity contribution in [2.24, 2.45) is 0 Å². The van der Waals surface area contributed by atoms with Crippen molar-refractivity contribution in [1.82, 2.24) is 9.55 Å². The van der Waals surface area contributed by atoms with Crippen LogP contribution in [0.15, 0.2) is 60.5 Å². The van der Waals surface area contributed by atoms with Crippen molar-refractivity contribution in [3.05, 3.63) is 66.1 Å². The summed E-state index contributed by atoms with van der Waals surface area (Å²) in [6.45, 7) is 0.873. The van der Waals surface area contributed by atoms with E-state index in [4.69, 9.17) is 0 Å². The normalized spacial score (nSPS) is 11.4. The van der Waals surface area contributed by atoms with Crippen molar-refractivity contribution in [3.8, 4) is 0 Å². The van der Waals surface area contributed by atoms with E-state index < -0.39 is 0 Å². The van der Waals surface area contributed by atoms with Gasteiger partial charge in [-0.25, -0.2) is 4.98 Å². The van der Waals surface area contributed by atoms with E-state index in [1.165, 1.54) is 26.4 Å². The van der Waals surface area contributed by atoms with Gasteiger partial charge < -0.3 is 4.57 Å². The minimum Gasteiger partial charge on any atom is -0.333 e. The molecular weight excluding hydrogens is 252 g/mol. The van der Waals surface area contributed by atoms with Gasteiger partial charge in [0.25, 0.3) is 0 Å². The molecule has 2 aromatic carbocycles. The van der Waals surface area contributed by atoms with Gasteiger partial charge in [0.1, 0.15) is 0 Å². The van der Waals surface area contributed by atoms with Crippen LogP contribution in [0.2, 0.25) is 0 Å². The van der Waals surface area contributed by atoms with Crippen molar-refractivity contribution in [3.63, 3.8) is 0 Å². The molecule has 4 aromatic rings. The van der Waals surface area contributed by atoms with E-state index in [1.54, 1.807) is 0 Å². The third-order valence-corrected chi connectivity index (χ3v) is 4.41. The topological polar surface area (TPSA) is 17.8 Å². The Balaban J connectivity index is 1.99. The summed E-state index contributed by atoms with van der Waals surface area (Å²) in [6, 6.07) is 13.1. The van der Waals surface area contributed by atoms with Crippen LogP contribution in [0.3, 0.4) is 0 Å². The molecule has 2 heterocycles. The molecule has 0 aliphatic rings. The monoisotopic (exact) mass is 264 g/mol. The fraction of sp³-hybridized carbons (Fsp3) is 0.0625. The molecule has 0 unspecified atom stereocenters.